The summed E-state index contributed by atoms with van der Waals surface area (Å²) < 4.78 is 0. The lowest BCUT2D eigenvalue weighted by Crippen LogP contribution is -2.44. The van der Waals surface area contributed by atoms with Gasteiger partial charge in [0.1, 0.15) is 0 Å². The third-order valence-electron chi connectivity index (χ3n) is 8.34. The second kappa shape index (κ2) is 8.83. The molecular weight excluding hydrogens is 438 g/mol. The monoisotopic (exact) mass is 467 g/mol. The van der Waals surface area contributed by atoms with E-state index >= 15 is 0 Å². The molecular formula is C31H30ClNO. The summed E-state index contributed by atoms with van der Waals surface area (Å²) in [5, 5.41) is 0.744. The summed E-state index contributed by atoms with van der Waals surface area (Å²) in [6.45, 7) is 1.05. The highest BCUT2D eigenvalue weighted by molar-refractivity contribution is 6.30. The van der Waals surface area contributed by atoms with Crippen molar-refractivity contribution >= 4 is 23.5 Å². The second-order valence-corrected chi connectivity index (χ2v) is 10.5. The van der Waals surface area contributed by atoms with Crippen molar-refractivity contribution in [3.63, 3.8) is 0 Å². The van der Waals surface area contributed by atoms with E-state index in [1.54, 1.807) is 0 Å². The molecule has 0 radical (unpaired) electrons. The molecule has 3 aromatic rings. The summed E-state index contributed by atoms with van der Waals surface area (Å²) in [4.78, 5) is 17.4. The number of hydrogen-bond acceptors (Lipinski definition) is 2. The van der Waals surface area contributed by atoms with E-state index in [1.165, 1.54) is 17.5 Å². The fourth-order valence-corrected chi connectivity index (χ4v) is 7.29. The van der Waals surface area contributed by atoms with E-state index in [-0.39, 0.29) is 12.0 Å². The normalized spacial score (nSPS) is 30.2. The number of halogens is 1. The molecule has 3 aromatic carbocycles. The molecule has 34 heavy (non-hydrogen) atoms. The number of nitrogens with zero attached hydrogens (tertiary/aromatic N) is 1. The highest BCUT2D eigenvalue weighted by Crippen LogP contribution is 2.65. The van der Waals surface area contributed by atoms with Crippen molar-refractivity contribution in [2.75, 3.05) is 6.54 Å². The Hall–Kier alpha value is -2.68. The zero-order valence-corrected chi connectivity index (χ0v) is 20.1. The van der Waals surface area contributed by atoms with Gasteiger partial charge in [-0.2, -0.15) is 0 Å². The number of fused-ring (bicyclic) bond motifs is 1. The van der Waals surface area contributed by atoms with Crippen molar-refractivity contribution in [2.24, 2.45) is 5.41 Å². The number of carbonyl (C=O) groups excluding carboxylic acids is 1. The predicted octanol–water partition coefficient (Wildman–Crippen LogP) is 7.47. The number of rotatable bonds is 3. The van der Waals surface area contributed by atoms with Crippen molar-refractivity contribution in [1.29, 1.82) is 0 Å². The first-order valence-corrected chi connectivity index (χ1v) is 12.9. The maximum absolute atomic E-state index is 14.7. The lowest BCUT2D eigenvalue weighted by atomic mass is 9.57. The van der Waals surface area contributed by atoms with Crippen LogP contribution >= 0.6 is 11.6 Å². The van der Waals surface area contributed by atoms with Crippen LogP contribution in [-0.4, -0.2) is 23.3 Å². The Kier molecular flexibility index (Phi) is 5.67. The fourth-order valence-electron chi connectivity index (χ4n) is 7.16. The first kappa shape index (κ1) is 21.8. The molecule has 3 heteroatoms. The lowest BCUT2D eigenvalue weighted by molar-refractivity contribution is -0.129. The summed E-state index contributed by atoms with van der Waals surface area (Å²) in [5.74, 6) is 0.551. The van der Waals surface area contributed by atoms with E-state index < -0.39 is 5.41 Å². The van der Waals surface area contributed by atoms with Crippen LogP contribution in [0.1, 0.15) is 60.8 Å². The first-order valence-electron chi connectivity index (χ1n) is 12.5. The number of hydrogen-bond donors (Lipinski definition) is 0. The first-order chi connectivity index (χ1) is 16.7. The van der Waals surface area contributed by atoms with Gasteiger partial charge in [0.15, 0.2) is 5.78 Å². The number of benzene rings is 3. The Morgan fingerprint density at radius 1 is 0.853 bits per heavy atom. The molecule has 0 amide bonds. The van der Waals surface area contributed by atoms with Crippen molar-refractivity contribution < 1.29 is 4.79 Å². The van der Waals surface area contributed by atoms with Crippen LogP contribution in [0.25, 0.3) is 6.08 Å². The number of ketones is 1. The van der Waals surface area contributed by atoms with Crippen molar-refractivity contribution in [2.45, 2.75) is 50.1 Å². The summed E-state index contributed by atoms with van der Waals surface area (Å²) in [6, 6.07) is 29.9. The van der Waals surface area contributed by atoms with E-state index in [0.717, 1.165) is 48.4 Å². The minimum atomic E-state index is -0.459. The van der Waals surface area contributed by atoms with Gasteiger partial charge in [-0.25, -0.2) is 0 Å². The molecule has 3 aliphatic rings. The van der Waals surface area contributed by atoms with Crippen molar-refractivity contribution in [3.05, 3.63) is 112 Å². The molecule has 2 saturated heterocycles. The van der Waals surface area contributed by atoms with E-state index in [0.29, 0.717) is 11.8 Å². The van der Waals surface area contributed by atoms with E-state index in [1.807, 2.05) is 30.3 Å². The zero-order valence-electron chi connectivity index (χ0n) is 19.4. The average molecular weight is 468 g/mol. The average Bonchev–Trinajstić information content (AvgIpc) is 3.43. The highest BCUT2D eigenvalue weighted by atomic mass is 35.5. The van der Waals surface area contributed by atoms with Gasteiger partial charge in [-0.05, 0) is 79.1 Å². The van der Waals surface area contributed by atoms with Crippen molar-refractivity contribution in [3.8, 4) is 0 Å². The molecule has 0 unspecified atom stereocenters. The summed E-state index contributed by atoms with van der Waals surface area (Å²) in [6.07, 6.45) is 7.31. The van der Waals surface area contributed by atoms with Gasteiger partial charge >= 0.3 is 0 Å². The minimum absolute atomic E-state index is 0.0782. The van der Waals surface area contributed by atoms with Crippen LogP contribution < -0.4 is 0 Å². The number of allylic oxidation sites excluding steroid dienone is 1. The standard InChI is InChI=1S/C31H30ClNO/c32-26-17-15-24(16-18-26)29-31(19-7-13-25(30(31)34)21-22-9-3-1-4-10-22)28(23-11-5-2-6-12-23)27-14-8-20-33(27)29/h1-6,9-12,15-18,21,27-29H,7-8,13-14,19-20H2/b25-21+/t27-,28-,29-,31+/m0/s1. The third kappa shape index (κ3) is 3.47. The lowest BCUT2D eigenvalue weighted by Gasteiger charge is -2.44. The maximum atomic E-state index is 14.7. The maximum Gasteiger partial charge on any atom is 0.167 e. The van der Waals surface area contributed by atoms with Crippen LogP contribution in [-0.2, 0) is 4.79 Å². The van der Waals surface area contributed by atoms with E-state index in [9.17, 15) is 4.79 Å². The largest absolute Gasteiger partial charge is 0.294 e. The zero-order chi connectivity index (χ0) is 23.1. The topological polar surface area (TPSA) is 20.3 Å². The molecule has 0 aromatic heterocycles. The molecule has 4 atom stereocenters. The van der Waals surface area contributed by atoms with Gasteiger partial charge in [-0.1, -0.05) is 84.4 Å². The molecule has 0 N–H and O–H groups in total. The fraction of sp³-hybridized carbons (Fsp3) is 0.323. The third-order valence-corrected chi connectivity index (χ3v) is 8.59. The summed E-state index contributed by atoms with van der Waals surface area (Å²) in [7, 11) is 0. The van der Waals surface area contributed by atoms with E-state index in [4.69, 9.17) is 11.6 Å². The molecule has 1 aliphatic carbocycles. The molecule has 1 saturated carbocycles. The molecule has 0 bridgehead atoms. The van der Waals surface area contributed by atoms with Gasteiger partial charge in [0.2, 0.25) is 0 Å². The van der Waals surface area contributed by atoms with Gasteiger partial charge in [-0.15, -0.1) is 0 Å². The minimum Gasteiger partial charge on any atom is -0.294 e. The summed E-state index contributed by atoms with van der Waals surface area (Å²) >= 11 is 6.28. The smallest absolute Gasteiger partial charge is 0.167 e. The molecule has 172 valence electrons. The second-order valence-electron chi connectivity index (χ2n) is 10.1. The summed E-state index contributed by atoms with van der Waals surface area (Å²) in [5.41, 5.74) is 4.17. The Bertz CT molecular complexity index is 1200. The molecule has 3 fully saturated rings. The Balaban J connectivity index is 1.54. The van der Waals surface area contributed by atoms with Gasteiger partial charge in [0.05, 0.1) is 5.41 Å². The Morgan fingerprint density at radius 2 is 1.56 bits per heavy atom. The SMILES string of the molecule is O=C1/C(=C/c2ccccc2)CCC[C@@]12[C@H](c1ccc(Cl)cc1)N1CCC[C@H]1[C@@H]2c1ccccc1. The Morgan fingerprint density at radius 3 is 2.29 bits per heavy atom. The van der Waals surface area contributed by atoms with Crippen LogP contribution in [0.5, 0.6) is 0 Å². The van der Waals surface area contributed by atoms with Crippen LogP contribution in [0, 0.1) is 5.41 Å². The highest BCUT2D eigenvalue weighted by Gasteiger charge is 2.65. The molecule has 6 rings (SSSR count). The van der Waals surface area contributed by atoms with Gasteiger partial charge in [0.25, 0.3) is 0 Å². The molecule has 1 spiro atoms. The van der Waals surface area contributed by atoms with Gasteiger partial charge in [0, 0.05) is 23.0 Å². The van der Waals surface area contributed by atoms with Crippen LogP contribution in [0.3, 0.4) is 0 Å². The van der Waals surface area contributed by atoms with Crippen LogP contribution in [0.15, 0.2) is 90.5 Å². The van der Waals surface area contributed by atoms with Gasteiger partial charge < -0.3 is 0 Å². The quantitative estimate of drug-likeness (QED) is 0.372. The Labute approximate surface area is 207 Å². The molecule has 2 aliphatic heterocycles. The molecule has 2 nitrogen and oxygen atoms in total. The van der Waals surface area contributed by atoms with Crippen molar-refractivity contribution in [1.82, 2.24) is 4.90 Å². The van der Waals surface area contributed by atoms with E-state index in [2.05, 4.69) is 65.6 Å². The number of carbonyl (C=O) groups is 1. The van der Waals surface area contributed by atoms with Crippen LogP contribution in [0.4, 0.5) is 0 Å². The van der Waals surface area contributed by atoms with Crippen LogP contribution in [0.2, 0.25) is 5.02 Å². The predicted molar refractivity (Wildman–Crippen MR) is 139 cm³/mol. The number of Topliss-reactive ketones (excluding diaryl/α,β-unsaturated/α-hetero) is 1. The molecule has 2 heterocycles. The van der Waals surface area contributed by atoms with Gasteiger partial charge in [-0.3, -0.25) is 9.69 Å².